The number of hydrogen-bond acceptors (Lipinski definition) is 8. The maximum Gasteiger partial charge on any atom is 0.302 e. The predicted octanol–water partition coefficient (Wildman–Crippen LogP) is 3.24. The highest BCUT2D eigenvalue weighted by Gasteiger charge is 2.29. The third kappa shape index (κ3) is 4.05. The molecule has 0 bridgehead atoms. The SMILES string of the molecule is C=CC(=O)NC1CCC(n2nc(C(=O)Nc3nc4cc(Cl)ccc4o3)c3c(N)ncnc32)CC1. The lowest BCUT2D eigenvalue weighted by Gasteiger charge is -2.29. The standard InChI is InChI=1S/C22H21ClN8O3/c1-2-16(32)27-12-4-6-13(7-5-12)31-20-17(19(24)25-10-26-20)18(30-31)21(33)29-22-28-14-9-11(23)3-8-15(14)34-22/h2-3,8-10,12-13H,1,4-7H2,(H,27,32)(H2,24,25,26)(H,28,29,33). The Morgan fingerprint density at radius 2 is 2.03 bits per heavy atom. The van der Waals surface area contributed by atoms with Gasteiger partial charge in [-0.3, -0.25) is 14.9 Å². The van der Waals surface area contributed by atoms with Crippen molar-refractivity contribution in [3.8, 4) is 0 Å². The molecule has 0 aliphatic heterocycles. The number of hydrogen-bond donors (Lipinski definition) is 3. The van der Waals surface area contributed by atoms with Crippen LogP contribution in [0.15, 0.2) is 41.6 Å². The molecule has 0 saturated heterocycles. The average molecular weight is 481 g/mol. The predicted molar refractivity (Wildman–Crippen MR) is 126 cm³/mol. The Bertz CT molecular complexity index is 1420. The number of nitrogens with one attached hydrogen (secondary N) is 2. The lowest BCUT2D eigenvalue weighted by molar-refractivity contribution is -0.117. The second-order valence-corrected chi connectivity index (χ2v) is 8.49. The number of carbonyl (C=O) groups excluding carboxylic acids is 2. The summed E-state index contributed by atoms with van der Waals surface area (Å²) in [6.07, 6.45) is 5.63. The maximum absolute atomic E-state index is 13.1. The minimum Gasteiger partial charge on any atom is -0.423 e. The van der Waals surface area contributed by atoms with Crippen LogP contribution in [0.3, 0.4) is 0 Å². The van der Waals surface area contributed by atoms with Gasteiger partial charge in [0.05, 0.1) is 11.4 Å². The molecule has 174 valence electrons. The van der Waals surface area contributed by atoms with Crippen molar-refractivity contribution in [2.24, 2.45) is 0 Å². The lowest BCUT2D eigenvalue weighted by Crippen LogP contribution is -2.37. The topological polar surface area (TPSA) is 154 Å². The highest BCUT2D eigenvalue weighted by Crippen LogP contribution is 2.33. The van der Waals surface area contributed by atoms with E-state index in [2.05, 4.69) is 37.3 Å². The summed E-state index contributed by atoms with van der Waals surface area (Å²) in [7, 11) is 0. The monoisotopic (exact) mass is 480 g/mol. The number of rotatable bonds is 5. The smallest absolute Gasteiger partial charge is 0.302 e. The van der Waals surface area contributed by atoms with Crippen molar-refractivity contribution in [3.05, 3.63) is 47.9 Å². The van der Waals surface area contributed by atoms with Crippen LogP contribution in [0.2, 0.25) is 5.02 Å². The number of nitrogen functional groups attached to an aromatic ring is 1. The van der Waals surface area contributed by atoms with Crippen LogP contribution in [0, 0.1) is 0 Å². The molecule has 0 radical (unpaired) electrons. The van der Waals surface area contributed by atoms with E-state index in [1.165, 1.54) is 12.4 Å². The van der Waals surface area contributed by atoms with E-state index in [-0.39, 0.29) is 35.5 Å². The molecule has 0 spiro atoms. The van der Waals surface area contributed by atoms with Crippen LogP contribution in [0.1, 0.15) is 42.2 Å². The first kappa shape index (κ1) is 21.8. The Labute approximate surface area is 198 Å². The Morgan fingerprint density at radius 1 is 1.24 bits per heavy atom. The first-order valence-corrected chi connectivity index (χ1v) is 11.1. The van der Waals surface area contributed by atoms with Crippen LogP contribution in [0.25, 0.3) is 22.1 Å². The molecule has 3 aromatic heterocycles. The first-order valence-electron chi connectivity index (χ1n) is 10.7. The number of nitrogens with two attached hydrogens (primary N) is 1. The zero-order valence-corrected chi connectivity index (χ0v) is 18.7. The summed E-state index contributed by atoms with van der Waals surface area (Å²) in [6.45, 7) is 3.49. The van der Waals surface area contributed by atoms with Gasteiger partial charge in [0.15, 0.2) is 16.9 Å². The number of aromatic nitrogens is 5. The number of benzene rings is 1. The molecule has 5 rings (SSSR count). The van der Waals surface area contributed by atoms with Gasteiger partial charge in [-0.1, -0.05) is 18.2 Å². The van der Waals surface area contributed by atoms with E-state index in [0.717, 1.165) is 25.7 Å². The average Bonchev–Trinajstić information content (AvgIpc) is 3.41. The van der Waals surface area contributed by atoms with Crippen LogP contribution >= 0.6 is 11.6 Å². The normalized spacial score (nSPS) is 18.1. The van der Waals surface area contributed by atoms with Crippen LogP contribution in [-0.4, -0.2) is 42.6 Å². The zero-order valence-electron chi connectivity index (χ0n) is 18.0. The van der Waals surface area contributed by atoms with E-state index in [1.54, 1.807) is 22.9 Å². The summed E-state index contributed by atoms with van der Waals surface area (Å²) >= 11 is 6.00. The van der Waals surface area contributed by atoms with E-state index in [1.807, 2.05) is 0 Å². The van der Waals surface area contributed by atoms with Crippen molar-refractivity contribution in [2.45, 2.75) is 37.8 Å². The molecule has 4 aromatic rings. The Morgan fingerprint density at radius 3 is 2.79 bits per heavy atom. The number of fused-ring (bicyclic) bond motifs is 2. The van der Waals surface area contributed by atoms with Gasteiger partial charge in [-0.15, -0.1) is 0 Å². The Kier molecular flexibility index (Phi) is 5.62. The van der Waals surface area contributed by atoms with Gasteiger partial charge >= 0.3 is 6.01 Å². The zero-order chi connectivity index (χ0) is 23.8. The van der Waals surface area contributed by atoms with E-state index >= 15 is 0 Å². The van der Waals surface area contributed by atoms with Gasteiger partial charge in [-0.05, 0) is 50.0 Å². The molecule has 0 unspecified atom stereocenters. The molecule has 1 aliphatic carbocycles. The number of amides is 2. The molecule has 3 heterocycles. The fraction of sp³-hybridized carbons (Fsp3) is 0.273. The molecule has 0 atom stereocenters. The fourth-order valence-corrected chi connectivity index (χ4v) is 4.41. The largest absolute Gasteiger partial charge is 0.423 e. The van der Waals surface area contributed by atoms with Gasteiger partial charge in [0.2, 0.25) is 5.91 Å². The van der Waals surface area contributed by atoms with Gasteiger partial charge in [0.1, 0.15) is 17.7 Å². The summed E-state index contributed by atoms with van der Waals surface area (Å²) in [5.41, 5.74) is 7.66. The fourth-order valence-electron chi connectivity index (χ4n) is 4.24. The molecular formula is C22H21ClN8O3. The summed E-state index contributed by atoms with van der Waals surface area (Å²) < 4.78 is 7.31. The van der Waals surface area contributed by atoms with Crippen molar-refractivity contribution in [1.82, 2.24) is 30.0 Å². The molecule has 1 saturated carbocycles. The molecule has 1 fully saturated rings. The van der Waals surface area contributed by atoms with E-state index < -0.39 is 5.91 Å². The van der Waals surface area contributed by atoms with Gasteiger partial charge in [0, 0.05) is 11.1 Å². The highest BCUT2D eigenvalue weighted by molar-refractivity contribution is 6.31. The van der Waals surface area contributed by atoms with E-state index in [4.69, 9.17) is 21.8 Å². The minimum atomic E-state index is -0.546. The maximum atomic E-state index is 13.1. The molecule has 2 amide bonds. The van der Waals surface area contributed by atoms with E-state index in [9.17, 15) is 9.59 Å². The van der Waals surface area contributed by atoms with E-state index in [0.29, 0.717) is 27.2 Å². The quantitative estimate of drug-likeness (QED) is 0.368. The van der Waals surface area contributed by atoms with Crippen molar-refractivity contribution in [2.75, 3.05) is 11.1 Å². The molecule has 11 nitrogen and oxygen atoms in total. The van der Waals surface area contributed by atoms with Gasteiger partial charge in [-0.2, -0.15) is 10.1 Å². The number of halogens is 1. The minimum absolute atomic E-state index is 0.0123. The summed E-state index contributed by atoms with van der Waals surface area (Å²) in [4.78, 5) is 37.4. The Hall–Kier alpha value is -3.99. The number of carbonyl (C=O) groups is 2. The van der Waals surface area contributed by atoms with Gasteiger partial charge in [-0.25, -0.2) is 14.6 Å². The lowest BCUT2D eigenvalue weighted by atomic mass is 9.91. The molecule has 34 heavy (non-hydrogen) atoms. The molecule has 1 aliphatic rings. The third-order valence-corrected chi connectivity index (χ3v) is 6.11. The first-order chi connectivity index (χ1) is 16.4. The summed E-state index contributed by atoms with van der Waals surface area (Å²) in [5, 5.41) is 11.0. The van der Waals surface area contributed by atoms with Crippen LogP contribution < -0.4 is 16.4 Å². The van der Waals surface area contributed by atoms with Crippen LogP contribution in [-0.2, 0) is 4.79 Å². The number of nitrogens with zero attached hydrogens (tertiary/aromatic N) is 5. The third-order valence-electron chi connectivity index (χ3n) is 5.88. The van der Waals surface area contributed by atoms with Crippen molar-refractivity contribution >= 4 is 57.4 Å². The molecular weight excluding hydrogens is 460 g/mol. The highest BCUT2D eigenvalue weighted by atomic mass is 35.5. The van der Waals surface area contributed by atoms with Crippen LogP contribution in [0.5, 0.6) is 0 Å². The van der Waals surface area contributed by atoms with Crippen LogP contribution in [0.4, 0.5) is 11.8 Å². The molecule has 1 aromatic carbocycles. The number of oxazole rings is 1. The second kappa shape index (κ2) is 8.75. The van der Waals surface area contributed by atoms with Crippen molar-refractivity contribution in [1.29, 1.82) is 0 Å². The second-order valence-electron chi connectivity index (χ2n) is 8.05. The van der Waals surface area contributed by atoms with Gasteiger partial charge in [0.25, 0.3) is 5.91 Å². The van der Waals surface area contributed by atoms with Crippen molar-refractivity contribution < 1.29 is 14.0 Å². The summed E-state index contributed by atoms with van der Waals surface area (Å²) in [6, 6.07) is 5.05. The Balaban J connectivity index is 1.42. The van der Waals surface area contributed by atoms with Gasteiger partial charge < -0.3 is 15.5 Å². The van der Waals surface area contributed by atoms with Crippen molar-refractivity contribution in [3.63, 3.8) is 0 Å². The molecule has 12 heteroatoms. The summed E-state index contributed by atoms with van der Waals surface area (Å²) in [5.74, 6) is -0.582. The number of anilines is 2. The molecule has 4 N–H and O–H groups in total.